The molecule has 0 atom stereocenters. The molecule has 2 bridgehead atoms. The lowest BCUT2D eigenvalue weighted by Crippen LogP contribution is -2.64. The molecule has 2 aliphatic heterocycles. The molecule has 4 aromatic rings. The summed E-state index contributed by atoms with van der Waals surface area (Å²) in [4.78, 5) is 33.1. The Balaban J connectivity index is 1.40. The molecule has 1 aliphatic carbocycles. The molecule has 2 saturated heterocycles. The third kappa shape index (κ3) is 4.38. The predicted molar refractivity (Wildman–Crippen MR) is 139 cm³/mol. The topological polar surface area (TPSA) is 160 Å². The van der Waals surface area contributed by atoms with Crippen LogP contribution in [-0.4, -0.2) is 66.1 Å². The fourth-order valence-corrected chi connectivity index (χ4v) is 7.24. The highest BCUT2D eigenvalue weighted by Gasteiger charge is 2.60. The van der Waals surface area contributed by atoms with E-state index in [4.69, 9.17) is 15.3 Å². The Morgan fingerprint density at radius 2 is 1.90 bits per heavy atom. The number of benzene rings is 1. The number of halogens is 3. The molecule has 17 heteroatoms. The number of aromatic nitrogens is 6. The molecule has 5 heterocycles. The zero-order valence-corrected chi connectivity index (χ0v) is 23.2. The summed E-state index contributed by atoms with van der Waals surface area (Å²) in [6, 6.07) is 3.97. The van der Waals surface area contributed by atoms with E-state index >= 15 is 0 Å². The number of carbonyl (C=O) groups excluding carboxylic acids is 1. The number of anilines is 1. The molecule has 3 aromatic heterocycles. The summed E-state index contributed by atoms with van der Waals surface area (Å²) in [5, 5.41) is 0. The molecule has 0 spiro atoms. The summed E-state index contributed by atoms with van der Waals surface area (Å²) in [5.41, 5.74) is 4.72. The van der Waals surface area contributed by atoms with Crippen molar-refractivity contribution in [2.24, 2.45) is 7.05 Å². The van der Waals surface area contributed by atoms with E-state index in [-0.39, 0.29) is 48.5 Å². The third-order valence-corrected chi connectivity index (χ3v) is 9.67. The lowest BCUT2D eigenvalue weighted by molar-refractivity contribution is -0.268. The van der Waals surface area contributed by atoms with E-state index in [0.717, 1.165) is 0 Å². The van der Waals surface area contributed by atoms with Gasteiger partial charge in [0.05, 0.1) is 22.7 Å². The minimum absolute atomic E-state index is 0.0628. The summed E-state index contributed by atoms with van der Waals surface area (Å²) in [5.74, 6) is -1.73. The van der Waals surface area contributed by atoms with Crippen LogP contribution in [0.25, 0.3) is 17.0 Å². The fraction of sp³-hybridized carbons (Fsp3) is 0.400. The number of fused-ring (bicyclic) bond motifs is 4. The van der Waals surface area contributed by atoms with E-state index in [0.29, 0.717) is 22.6 Å². The van der Waals surface area contributed by atoms with Gasteiger partial charge in [0.1, 0.15) is 17.8 Å². The number of imidazole rings is 2. The largest absolute Gasteiger partial charge is 0.492 e. The number of ether oxygens (including phenoxy) is 1. The number of hydrogen-bond donors (Lipinski definition) is 1. The van der Waals surface area contributed by atoms with Gasteiger partial charge in [-0.05, 0) is 54.8 Å². The number of aryl methyl sites for hydroxylation is 2. The standard InChI is InChI=1S/C25H25F3N8O5S/c1-15-3-4-16(11-17(15)18-12-35-21(29)31-14-32-22(35)33-18)42(38,39)36(41-20(37)25(26,27)28)23-5-7-24(8-6-23,40-13-23)19-30-9-10-34(19)2/h3-4,9-12,14H,5-8,13H2,1-2H3,(H2,29,31,32,33). The molecule has 7 rings (SSSR count). The van der Waals surface area contributed by atoms with Crippen LogP contribution in [0, 0.1) is 6.92 Å². The van der Waals surface area contributed by atoms with E-state index < -0.39 is 38.2 Å². The maximum Gasteiger partial charge on any atom is 0.492 e. The van der Waals surface area contributed by atoms with Crippen LogP contribution in [0.15, 0.2) is 48.0 Å². The highest BCUT2D eigenvalue weighted by Crippen LogP contribution is 2.52. The number of rotatable bonds is 6. The zero-order chi connectivity index (χ0) is 30.1. The van der Waals surface area contributed by atoms with Gasteiger partial charge < -0.3 is 19.9 Å². The Morgan fingerprint density at radius 3 is 2.50 bits per heavy atom. The Labute approximate surface area is 237 Å². The average Bonchev–Trinajstić information content (AvgIpc) is 3.59. The number of hydrogen-bond acceptors (Lipinski definition) is 10. The molecule has 0 unspecified atom stereocenters. The van der Waals surface area contributed by atoms with Gasteiger partial charge >= 0.3 is 12.1 Å². The monoisotopic (exact) mass is 606 g/mol. The van der Waals surface area contributed by atoms with Crippen LogP contribution in [-0.2, 0) is 37.0 Å². The van der Waals surface area contributed by atoms with Gasteiger partial charge in [0.25, 0.3) is 10.0 Å². The first-order valence-corrected chi connectivity index (χ1v) is 14.2. The number of alkyl halides is 3. The highest BCUT2D eigenvalue weighted by atomic mass is 32.2. The number of carbonyl (C=O) groups is 1. The molecule has 42 heavy (non-hydrogen) atoms. The molecule has 1 aromatic carbocycles. The SMILES string of the molecule is Cc1ccc(S(=O)(=O)N(OC(=O)C(F)(F)F)C23CCC(c4nccn4C)(CC2)OC3)cc1-c1cn2c(N)ncnc2n1. The Kier molecular flexibility index (Phi) is 6.32. The van der Waals surface area contributed by atoms with Crippen molar-refractivity contribution < 1.29 is 36.0 Å². The zero-order valence-electron chi connectivity index (χ0n) is 22.4. The van der Waals surface area contributed by atoms with Crippen LogP contribution in [0.2, 0.25) is 0 Å². The van der Waals surface area contributed by atoms with Gasteiger partial charge in [-0.2, -0.15) is 13.2 Å². The van der Waals surface area contributed by atoms with Gasteiger partial charge in [-0.25, -0.2) is 33.1 Å². The number of nitrogen functional groups attached to an aromatic ring is 1. The maximum atomic E-state index is 14.1. The summed E-state index contributed by atoms with van der Waals surface area (Å²) in [6.07, 6.45) is 1.25. The first-order chi connectivity index (χ1) is 19.8. The molecule has 222 valence electrons. The lowest BCUT2D eigenvalue weighted by atomic mass is 9.71. The average molecular weight is 607 g/mol. The number of nitrogens with two attached hydrogens (primary N) is 1. The predicted octanol–water partition coefficient (Wildman–Crippen LogP) is 2.67. The number of nitrogens with zero attached hydrogens (tertiary/aromatic N) is 7. The smallest absolute Gasteiger partial charge is 0.369 e. The summed E-state index contributed by atoms with van der Waals surface area (Å²) in [7, 11) is -3.08. The summed E-state index contributed by atoms with van der Waals surface area (Å²) in [6.45, 7) is 1.39. The van der Waals surface area contributed by atoms with Gasteiger partial charge in [-0.1, -0.05) is 6.07 Å². The maximum absolute atomic E-state index is 14.1. The van der Waals surface area contributed by atoms with E-state index in [1.54, 1.807) is 30.9 Å². The van der Waals surface area contributed by atoms with Gasteiger partial charge in [-0.3, -0.25) is 4.40 Å². The van der Waals surface area contributed by atoms with Crippen molar-refractivity contribution in [2.45, 2.75) is 54.8 Å². The lowest BCUT2D eigenvalue weighted by Gasteiger charge is -2.54. The van der Waals surface area contributed by atoms with Gasteiger partial charge in [0.2, 0.25) is 11.7 Å². The molecular weight excluding hydrogens is 581 g/mol. The molecule has 0 radical (unpaired) electrons. The second kappa shape index (κ2) is 9.47. The molecule has 13 nitrogen and oxygen atoms in total. The molecule has 3 fully saturated rings. The van der Waals surface area contributed by atoms with Crippen LogP contribution in [0.3, 0.4) is 0 Å². The van der Waals surface area contributed by atoms with Crippen LogP contribution >= 0.6 is 0 Å². The Hall–Kier alpha value is -4.09. The molecule has 3 aliphatic rings. The van der Waals surface area contributed by atoms with E-state index in [9.17, 15) is 26.4 Å². The quantitative estimate of drug-likeness (QED) is 0.323. The van der Waals surface area contributed by atoms with Crippen molar-refractivity contribution in [3.63, 3.8) is 0 Å². The van der Waals surface area contributed by atoms with Crippen molar-refractivity contribution in [1.29, 1.82) is 0 Å². The van der Waals surface area contributed by atoms with Crippen molar-refractivity contribution in [2.75, 3.05) is 12.3 Å². The summed E-state index contributed by atoms with van der Waals surface area (Å²) < 4.78 is 77.9. The highest BCUT2D eigenvalue weighted by molar-refractivity contribution is 7.89. The number of hydroxylamine groups is 1. The van der Waals surface area contributed by atoms with Crippen molar-refractivity contribution >= 4 is 27.7 Å². The normalized spacial score (nSPS) is 22.6. The van der Waals surface area contributed by atoms with Crippen LogP contribution in [0.1, 0.15) is 37.1 Å². The minimum Gasteiger partial charge on any atom is -0.369 e. The Morgan fingerprint density at radius 1 is 1.17 bits per heavy atom. The first-order valence-electron chi connectivity index (χ1n) is 12.8. The summed E-state index contributed by atoms with van der Waals surface area (Å²) >= 11 is 0. The Bertz CT molecular complexity index is 1800. The second-order valence-corrected chi connectivity index (χ2v) is 12.2. The third-order valence-electron chi connectivity index (χ3n) is 7.92. The van der Waals surface area contributed by atoms with E-state index in [1.165, 1.54) is 35.1 Å². The molecule has 0 amide bonds. The van der Waals surface area contributed by atoms with Crippen molar-refractivity contribution in [1.82, 2.24) is 33.4 Å². The fourth-order valence-electron chi connectivity index (χ4n) is 5.63. The first kappa shape index (κ1) is 28.0. The molecule has 2 N–H and O–H groups in total. The van der Waals surface area contributed by atoms with Gasteiger partial charge in [0, 0.05) is 31.2 Å². The van der Waals surface area contributed by atoms with Gasteiger partial charge in [0.15, 0.2) is 0 Å². The van der Waals surface area contributed by atoms with Crippen LogP contribution in [0.5, 0.6) is 0 Å². The molecule has 1 saturated carbocycles. The van der Waals surface area contributed by atoms with Crippen LogP contribution < -0.4 is 5.73 Å². The minimum atomic E-state index is -5.44. The van der Waals surface area contributed by atoms with Gasteiger partial charge in [-0.15, -0.1) is 0 Å². The molecular formula is C25H25F3N8O5S. The van der Waals surface area contributed by atoms with E-state index in [1.807, 2.05) is 0 Å². The van der Waals surface area contributed by atoms with Crippen LogP contribution in [0.4, 0.5) is 19.1 Å². The second-order valence-electron chi connectivity index (χ2n) is 10.5. The van der Waals surface area contributed by atoms with Crippen molar-refractivity contribution in [3.8, 4) is 11.3 Å². The van der Waals surface area contributed by atoms with Crippen molar-refractivity contribution in [3.05, 3.63) is 54.5 Å². The number of sulfonamides is 1. The van der Waals surface area contributed by atoms with E-state index in [2.05, 4.69) is 19.9 Å².